The van der Waals surface area contributed by atoms with E-state index in [1.807, 2.05) is 36.7 Å². The van der Waals surface area contributed by atoms with E-state index in [1.165, 1.54) is 5.56 Å². The van der Waals surface area contributed by atoms with E-state index in [4.69, 9.17) is 11.6 Å². The van der Waals surface area contributed by atoms with Crippen molar-refractivity contribution in [2.24, 2.45) is 0 Å². The molecule has 2 rings (SSSR count). The first-order valence-corrected chi connectivity index (χ1v) is 5.62. The minimum atomic E-state index is 0.613. The molecular weight excluding hydrogens is 275 g/mol. The summed E-state index contributed by atoms with van der Waals surface area (Å²) in [6.45, 7) is 0. The summed E-state index contributed by atoms with van der Waals surface area (Å²) in [4.78, 5) is 8.14. The molecule has 0 aliphatic rings. The number of hydrogen-bond acceptors (Lipinski definition) is 2. The van der Waals surface area contributed by atoms with E-state index in [0.29, 0.717) is 4.73 Å². The zero-order chi connectivity index (χ0) is 10.7. The summed E-state index contributed by atoms with van der Waals surface area (Å²) in [5.74, 6) is 0. The molecule has 0 N–H and O–H groups in total. The number of halogens is 2. The van der Waals surface area contributed by atoms with Crippen molar-refractivity contribution >= 4 is 27.5 Å². The van der Waals surface area contributed by atoms with Crippen LogP contribution in [0.5, 0.6) is 0 Å². The van der Waals surface area contributed by atoms with Gasteiger partial charge in [0.1, 0.15) is 0 Å². The highest BCUT2D eigenvalue weighted by Gasteiger charge is 1.97. The molecule has 0 bridgehead atoms. The standard InChI is InChI=1S/C11H8BrClN2/c12-11-14-6-9(7-15-11)5-8-1-3-10(13)4-2-8/h1-4,6-7H,5H2. The molecule has 4 heteroatoms. The molecule has 1 aromatic carbocycles. The summed E-state index contributed by atoms with van der Waals surface area (Å²) < 4.78 is 0.613. The van der Waals surface area contributed by atoms with Crippen molar-refractivity contribution in [2.45, 2.75) is 6.42 Å². The summed E-state index contributed by atoms with van der Waals surface area (Å²) >= 11 is 9.01. The molecule has 0 fully saturated rings. The van der Waals surface area contributed by atoms with Crippen molar-refractivity contribution in [3.8, 4) is 0 Å². The van der Waals surface area contributed by atoms with Crippen molar-refractivity contribution < 1.29 is 0 Å². The van der Waals surface area contributed by atoms with Crippen LogP contribution >= 0.6 is 27.5 Å². The fraction of sp³-hybridized carbons (Fsp3) is 0.0909. The molecule has 2 nitrogen and oxygen atoms in total. The molecule has 0 radical (unpaired) electrons. The SMILES string of the molecule is Clc1ccc(Cc2cnc(Br)nc2)cc1. The Morgan fingerprint density at radius 1 is 1.00 bits per heavy atom. The Morgan fingerprint density at radius 2 is 1.60 bits per heavy atom. The van der Waals surface area contributed by atoms with Gasteiger partial charge < -0.3 is 0 Å². The highest BCUT2D eigenvalue weighted by atomic mass is 79.9. The molecule has 0 saturated carbocycles. The first kappa shape index (κ1) is 10.6. The fourth-order valence-corrected chi connectivity index (χ4v) is 1.60. The van der Waals surface area contributed by atoms with Gasteiger partial charge in [0.05, 0.1) is 0 Å². The van der Waals surface area contributed by atoms with Gasteiger partial charge in [-0.3, -0.25) is 0 Å². The summed E-state index contributed by atoms with van der Waals surface area (Å²) in [6.07, 6.45) is 4.45. The van der Waals surface area contributed by atoms with Crippen LogP contribution in [0.2, 0.25) is 5.02 Å². The topological polar surface area (TPSA) is 25.8 Å². The first-order chi connectivity index (χ1) is 7.24. The van der Waals surface area contributed by atoms with Crippen molar-refractivity contribution in [3.63, 3.8) is 0 Å². The van der Waals surface area contributed by atoms with Crippen LogP contribution in [0.15, 0.2) is 41.4 Å². The van der Waals surface area contributed by atoms with Gasteiger partial charge in [-0.15, -0.1) is 0 Å². The van der Waals surface area contributed by atoms with Crippen molar-refractivity contribution in [1.29, 1.82) is 0 Å². The van der Waals surface area contributed by atoms with E-state index in [9.17, 15) is 0 Å². The molecule has 1 heterocycles. The minimum absolute atomic E-state index is 0.613. The summed E-state index contributed by atoms with van der Waals surface area (Å²) in [5, 5.41) is 0.755. The van der Waals surface area contributed by atoms with Gasteiger partial charge in [0.25, 0.3) is 0 Å². The summed E-state index contributed by atoms with van der Waals surface area (Å²) in [7, 11) is 0. The Bertz CT molecular complexity index is 396. The Morgan fingerprint density at radius 3 is 2.20 bits per heavy atom. The number of aromatic nitrogens is 2. The molecule has 0 unspecified atom stereocenters. The van der Waals surface area contributed by atoms with Crippen LogP contribution in [0.4, 0.5) is 0 Å². The van der Waals surface area contributed by atoms with E-state index >= 15 is 0 Å². The molecule has 0 saturated heterocycles. The zero-order valence-corrected chi connectivity index (χ0v) is 10.2. The van der Waals surface area contributed by atoms with Crippen molar-refractivity contribution in [1.82, 2.24) is 9.97 Å². The van der Waals surface area contributed by atoms with Crippen LogP contribution in [0.25, 0.3) is 0 Å². The van der Waals surface area contributed by atoms with E-state index in [0.717, 1.165) is 17.0 Å². The highest BCUT2D eigenvalue weighted by Crippen LogP contribution is 2.13. The molecule has 0 amide bonds. The summed E-state index contributed by atoms with van der Waals surface area (Å²) in [5.41, 5.74) is 2.28. The minimum Gasteiger partial charge on any atom is -0.230 e. The number of benzene rings is 1. The molecule has 76 valence electrons. The zero-order valence-electron chi connectivity index (χ0n) is 7.82. The molecule has 0 aliphatic heterocycles. The molecule has 0 atom stereocenters. The van der Waals surface area contributed by atoms with Gasteiger partial charge in [0.2, 0.25) is 0 Å². The number of nitrogens with zero attached hydrogens (tertiary/aromatic N) is 2. The van der Waals surface area contributed by atoms with E-state index in [-0.39, 0.29) is 0 Å². The van der Waals surface area contributed by atoms with Gasteiger partial charge in [0.15, 0.2) is 4.73 Å². The lowest BCUT2D eigenvalue weighted by molar-refractivity contribution is 1.04. The van der Waals surface area contributed by atoms with E-state index in [2.05, 4.69) is 25.9 Å². The second-order valence-electron chi connectivity index (χ2n) is 3.16. The van der Waals surface area contributed by atoms with Gasteiger partial charge in [0, 0.05) is 23.8 Å². The Hall–Kier alpha value is -0.930. The predicted octanol–water partition coefficient (Wildman–Crippen LogP) is 3.48. The molecule has 15 heavy (non-hydrogen) atoms. The molecular formula is C11H8BrClN2. The lowest BCUT2D eigenvalue weighted by atomic mass is 10.1. The lowest BCUT2D eigenvalue weighted by Crippen LogP contribution is -1.91. The smallest absolute Gasteiger partial charge is 0.196 e. The molecule has 0 aliphatic carbocycles. The van der Waals surface area contributed by atoms with Gasteiger partial charge in [-0.25, -0.2) is 9.97 Å². The Balaban J connectivity index is 2.15. The second kappa shape index (κ2) is 4.73. The molecule has 2 aromatic rings. The third-order valence-electron chi connectivity index (χ3n) is 2.00. The van der Waals surface area contributed by atoms with Crippen LogP contribution in [0, 0.1) is 0 Å². The van der Waals surface area contributed by atoms with Crippen molar-refractivity contribution in [3.05, 3.63) is 57.5 Å². The van der Waals surface area contributed by atoms with Gasteiger partial charge >= 0.3 is 0 Å². The monoisotopic (exact) mass is 282 g/mol. The van der Waals surface area contributed by atoms with Crippen LogP contribution in [0.1, 0.15) is 11.1 Å². The van der Waals surface area contributed by atoms with E-state index in [1.54, 1.807) is 0 Å². The van der Waals surface area contributed by atoms with Gasteiger partial charge in [-0.05, 0) is 39.2 Å². The quantitative estimate of drug-likeness (QED) is 0.789. The largest absolute Gasteiger partial charge is 0.230 e. The fourth-order valence-electron chi connectivity index (χ4n) is 1.27. The normalized spacial score (nSPS) is 10.3. The first-order valence-electron chi connectivity index (χ1n) is 4.45. The second-order valence-corrected chi connectivity index (χ2v) is 4.31. The Labute approximate surface area is 101 Å². The van der Waals surface area contributed by atoms with Crippen LogP contribution < -0.4 is 0 Å². The number of rotatable bonds is 2. The predicted molar refractivity (Wildman–Crippen MR) is 64.0 cm³/mol. The maximum Gasteiger partial charge on any atom is 0.196 e. The average molecular weight is 284 g/mol. The van der Waals surface area contributed by atoms with Gasteiger partial charge in [-0.1, -0.05) is 23.7 Å². The van der Waals surface area contributed by atoms with Gasteiger partial charge in [-0.2, -0.15) is 0 Å². The van der Waals surface area contributed by atoms with Crippen LogP contribution in [-0.4, -0.2) is 9.97 Å². The Kier molecular flexibility index (Phi) is 3.34. The molecule has 0 spiro atoms. The number of hydrogen-bond donors (Lipinski definition) is 0. The maximum absolute atomic E-state index is 5.80. The highest BCUT2D eigenvalue weighted by molar-refractivity contribution is 9.10. The van der Waals surface area contributed by atoms with E-state index < -0.39 is 0 Å². The average Bonchev–Trinajstić information content (AvgIpc) is 2.25. The lowest BCUT2D eigenvalue weighted by Gasteiger charge is -2.01. The molecule has 1 aromatic heterocycles. The van der Waals surface area contributed by atoms with Crippen LogP contribution in [0.3, 0.4) is 0 Å². The summed E-state index contributed by atoms with van der Waals surface area (Å²) in [6, 6.07) is 7.78. The third-order valence-corrected chi connectivity index (χ3v) is 2.66. The third kappa shape index (κ3) is 3.01. The maximum atomic E-state index is 5.80. The van der Waals surface area contributed by atoms with Crippen molar-refractivity contribution in [2.75, 3.05) is 0 Å². The van der Waals surface area contributed by atoms with Crippen LogP contribution in [-0.2, 0) is 6.42 Å².